The molecule has 6 nitrogen and oxygen atoms in total. The van der Waals surface area contributed by atoms with E-state index in [1.54, 1.807) is 40.4 Å². The van der Waals surface area contributed by atoms with Crippen molar-refractivity contribution in [3.8, 4) is 0 Å². The third kappa shape index (κ3) is 4.54. The Balaban J connectivity index is 1.54. The van der Waals surface area contributed by atoms with Gasteiger partial charge in [-0.1, -0.05) is 18.2 Å². The quantitative estimate of drug-likeness (QED) is 0.651. The molecule has 2 heterocycles. The van der Waals surface area contributed by atoms with Crippen LogP contribution in [0.25, 0.3) is 0 Å². The van der Waals surface area contributed by atoms with Gasteiger partial charge in [0, 0.05) is 30.4 Å². The lowest BCUT2D eigenvalue weighted by molar-refractivity contribution is -0.139. The van der Waals surface area contributed by atoms with Crippen molar-refractivity contribution in [3.63, 3.8) is 0 Å². The summed E-state index contributed by atoms with van der Waals surface area (Å²) in [5.74, 6) is -1.81. The molecule has 26 heavy (non-hydrogen) atoms. The van der Waals surface area contributed by atoms with E-state index >= 15 is 0 Å². The second-order valence-corrected chi connectivity index (χ2v) is 6.52. The Morgan fingerprint density at radius 3 is 2.54 bits per heavy atom. The van der Waals surface area contributed by atoms with Crippen LogP contribution >= 0.6 is 11.3 Å². The van der Waals surface area contributed by atoms with Crippen LogP contribution in [0.4, 0.5) is 4.39 Å². The third-order valence-electron chi connectivity index (χ3n) is 3.74. The van der Waals surface area contributed by atoms with Crippen molar-refractivity contribution >= 4 is 23.2 Å². The Morgan fingerprint density at radius 2 is 1.88 bits per heavy atom. The summed E-state index contributed by atoms with van der Waals surface area (Å²) in [4.78, 5) is 25.0. The number of hydrogen-bond acceptors (Lipinski definition) is 4. The zero-order valence-electron chi connectivity index (χ0n) is 13.8. The van der Waals surface area contributed by atoms with Crippen molar-refractivity contribution < 1.29 is 14.0 Å². The molecule has 1 aromatic carbocycles. The molecule has 2 N–H and O–H groups in total. The van der Waals surface area contributed by atoms with E-state index in [4.69, 9.17) is 0 Å². The van der Waals surface area contributed by atoms with E-state index in [1.807, 2.05) is 23.7 Å². The Morgan fingerprint density at radius 1 is 1.12 bits per heavy atom. The van der Waals surface area contributed by atoms with Gasteiger partial charge >= 0.3 is 11.8 Å². The number of amides is 2. The Bertz CT molecular complexity index is 814. The summed E-state index contributed by atoms with van der Waals surface area (Å²) >= 11 is 1.55. The molecular weight excluding hydrogens is 355 g/mol. The molecule has 0 saturated heterocycles. The number of carbonyl (C=O) groups is 2. The number of carbonyl (C=O) groups excluding carboxylic acids is 2. The number of halogens is 1. The zero-order valence-corrected chi connectivity index (χ0v) is 14.6. The largest absolute Gasteiger partial charge is 0.345 e. The summed E-state index contributed by atoms with van der Waals surface area (Å²) in [7, 11) is 0. The minimum absolute atomic E-state index is 0.153. The summed E-state index contributed by atoms with van der Waals surface area (Å²) in [5, 5.41) is 11.3. The second-order valence-electron chi connectivity index (χ2n) is 5.54. The number of benzene rings is 1. The van der Waals surface area contributed by atoms with Crippen molar-refractivity contribution in [2.45, 2.75) is 12.6 Å². The van der Waals surface area contributed by atoms with E-state index in [9.17, 15) is 14.0 Å². The molecule has 0 radical (unpaired) electrons. The lowest BCUT2D eigenvalue weighted by atomic mass is 10.2. The highest BCUT2D eigenvalue weighted by Crippen LogP contribution is 2.21. The van der Waals surface area contributed by atoms with Crippen molar-refractivity contribution in [2.24, 2.45) is 0 Å². The van der Waals surface area contributed by atoms with Crippen LogP contribution < -0.4 is 10.6 Å². The number of nitrogens with one attached hydrogen (secondary N) is 2. The van der Waals surface area contributed by atoms with E-state index in [1.165, 1.54) is 12.1 Å². The summed E-state index contributed by atoms with van der Waals surface area (Å²) < 4.78 is 14.6. The first kappa shape index (κ1) is 17.8. The van der Waals surface area contributed by atoms with Crippen LogP contribution in [0.3, 0.4) is 0 Å². The molecule has 1 unspecified atom stereocenters. The van der Waals surface area contributed by atoms with Gasteiger partial charge in [-0.25, -0.2) is 4.39 Å². The van der Waals surface area contributed by atoms with Crippen LogP contribution in [0.15, 0.2) is 60.2 Å². The van der Waals surface area contributed by atoms with E-state index in [2.05, 4.69) is 15.7 Å². The number of rotatable bonds is 6. The van der Waals surface area contributed by atoms with Crippen molar-refractivity contribution in [2.75, 3.05) is 6.54 Å². The van der Waals surface area contributed by atoms with E-state index in [0.29, 0.717) is 5.56 Å². The highest BCUT2D eigenvalue weighted by molar-refractivity contribution is 7.10. The second kappa shape index (κ2) is 8.39. The fraction of sp³-hybridized carbons (Fsp3) is 0.167. The molecule has 0 aliphatic carbocycles. The first-order valence-corrected chi connectivity index (χ1v) is 8.84. The van der Waals surface area contributed by atoms with Crippen LogP contribution in [-0.4, -0.2) is 28.1 Å². The van der Waals surface area contributed by atoms with Crippen LogP contribution in [0.1, 0.15) is 16.5 Å². The standard InChI is InChI=1S/C18H17FN4O2S/c19-14-6-4-13(5-7-14)11-20-17(24)18(25)21-12-15(16-3-1-10-26-16)23-9-2-8-22-23/h1-10,15H,11-12H2,(H,20,24)(H,21,25). The molecule has 0 aliphatic heterocycles. The molecule has 134 valence electrons. The predicted octanol–water partition coefficient (Wildman–Crippen LogP) is 2.11. The predicted molar refractivity (Wildman–Crippen MR) is 95.9 cm³/mol. The van der Waals surface area contributed by atoms with Gasteiger partial charge in [0.25, 0.3) is 0 Å². The minimum Gasteiger partial charge on any atom is -0.345 e. The van der Waals surface area contributed by atoms with Crippen molar-refractivity contribution in [1.29, 1.82) is 0 Å². The van der Waals surface area contributed by atoms with Gasteiger partial charge in [-0.15, -0.1) is 11.3 Å². The summed E-state index contributed by atoms with van der Waals surface area (Å²) in [5.41, 5.74) is 0.709. The monoisotopic (exact) mass is 372 g/mol. The average Bonchev–Trinajstić information content (AvgIpc) is 3.35. The summed E-state index contributed by atoms with van der Waals surface area (Å²) in [6, 6.07) is 11.2. The number of nitrogens with zero attached hydrogens (tertiary/aromatic N) is 2. The first-order valence-electron chi connectivity index (χ1n) is 7.96. The van der Waals surface area contributed by atoms with E-state index in [0.717, 1.165) is 4.88 Å². The van der Waals surface area contributed by atoms with Gasteiger partial charge in [-0.3, -0.25) is 14.3 Å². The molecule has 3 aromatic rings. The lowest BCUT2D eigenvalue weighted by Crippen LogP contribution is -2.41. The van der Waals surface area contributed by atoms with Gasteiger partial charge < -0.3 is 10.6 Å². The Hall–Kier alpha value is -3.00. The number of thiophene rings is 1. The minimum atomic E-state index is -0.736. The summed E-state index contributed by atoms with van der Waals surface area (Å²) in [6.07, 6.45) is 3.48. The third-order valence-corrected chi connectivity index (χ3v) is 4.72. The van der Waals surface area contributed by atoms with Crippen LogP contribution in [0, 0.1) is 5.82 Å². The highest BCUT2D eigenvalue weighted by Gasteiger charge is 2.19. The molecule has 1 atom stereocenters. The van der Waals surface area contributed by atoms with Gasteiger partial charge in [-0.2, -0.15) is 5.10 Å². The van der Waals surface area contributed by atoms with Gasteiger partial charge in [0.1, 0.15) is 11.9 Å². The molecule has 3 rings (SSSR count). The van der Waals surface area contributed by atoms with Gasteiger partial charge in [0.2, 0.25) is 0 Å². The Labute approximate surface area is 153 Å². The van der Waals surface area contributed by atoms with Crippen LogP contribution in [0.5, 0.6) is 0 Å². The highest BCUT2D eigenvalue weighted by atomic mass is 32.1. The fourth-order valence-electron chi connectivity index (χ4n) is 2.40. The molecule has 0 saturated carbocycles. The molecule has 8 heteroatoms. The van der Waals surface area contributed by atoms with Gasteiger partial charge in [0.05, 0.1) is 0 Å². The normalized spacial score (nSPS) is 11.7. The topological polar surface area (TPSA) is 76.0 Å². The maximum atomic E-state index is 12.9. The summed E-state index contributed by atoms with van der Waals surface area (Å²) in [6.45, 7) is 0.394. The van der Waals surface area contributed by atoms with Crippen molar-refractivity contribution in [1.82, 2.24) is 20.4 Å². The molecule has 0 fully saturated rings. The molecule has 0 aliphatic rings. The zero-order chi connectivity index (χ0) is 18.4. The van der Waals surface area contributed by atoms with E-state index in [-0.39, 0.29) is 24.9 Å². The molecule has 0 bridgehead atoms. The number of aromatic nitrogens is 2. The van der Waals surface area contributed by atoms with Crippen LogP contribution in [-0.2, 0) is 16.1 Å². The van der Waals surface area contributed by atoms with Crippen molar-refractivity contribution in [3.05, 3.63) is 76.5 Å². The van der Waals surface area contributed by atoms with Gasteiger partial charge in [-0.05, 0) is 35.2 Å². The smallest absolute Gasteiger partial charge is 0.309 e. The lowest BCUT2D eigenvalue weighted by Gasteiger charge is -2.17. The van der Waals surface area contributed by atoms with Crippen LogP contribution in [0.2, 0.25) is 0 Å². The Kier molecular flexibility index (Phi) is 5.75. The maximum absolute atomic E-state index is 12.9. The van der Waals surface area contributed by atoms with Gasteiger partial charge in [0.15, 0.2) is 0 Å². The fourth-order valence-corrected chi connectivity index (χ4v) is 3.22. The molecular formula is C18H17FN4O2S. The van der Waals surface area contributed by atoms with E-state index < -0.39 is 11.8 Å². The molecule has 2 amide bonds. The average molecular weight is 372 g/mol. The number of hydrogen-bond donors (Lipinski definition) is 2. The SMILES string of the molecule is O=C(NCc1ccc(F)cc1)C(=O)NCC(c1cccs1)n1cccn1. The molecule has 2 aromatic heterocycles. The molecule has 0 spiro atoms. The maximum Gasteiger partial charge on any atom is 0.309 e. The first-order chi connectivity index (χ1) is 12.6.